The van der Waals surface area contributed by atoms with Crippen molar-refractivity contribution in [2.75, 3.05) is 11.9 Å². The molecular weight excluding hydrogens is 428 g/mol. The van der Waals surface area contributed by atoms with Crippen molar-refractivity contribution in [1.29, 1.82) is 0 Å². The summed E-state index contributed by atoms with van der Waals surface area (Å²) in [5.74, 6) is 0.971. The SMILES string of the molecule is CC(C)Cc1ccc(C(C)C(=O)NC(=S)Nc2ccc(OCCc3ccccc3)cc2)cc1. The normalized spacial score (nSPS) is 11.6. The van der Waals surface area contributed by atoms with Crippen LogP contribution in [0.15, 0.2) is 78.9 Å². The summed E-state index contributed by atoms with van der Waals surface area (Å²) in [6, 6.07) is 26.0. The second-order valence-corrected chi connectivity index (χ2v) is 9.02. The standard InChI is InChI=1S/C28H32N2O2S/c1-20(2)19-23-9-11-24(12-10-23)21(3)27(31)30-28(33)29-25-13-15-26(16-14-25)32-18-17-22-7-5-4-6-8-22/h4-16,20-21H,17-19H2,1-3H3,(H2,29,30,31,33). The molecule has 5 heteroatoms. The zero-order valence-electron chi connectivity index (χ0n) is 19.5. The maximum Gasteiger partial charge on any atom is 0.233 e. The van der Waals surface area contributed by atoms with Crippen molar-refractivity contribution in [3.05, 3.63) is 95.6 Å². The number of carbonyl (C=O) groups is 1. The van der Waals surface area contributed by atoms with E-state index >= 15 is 0 Å². The van der Waals surface area contributed by atoms with Crippen molar-refractivity contribution >= 4 is 28.9 Å². The second-order valence-electron chi connectivity index (χ2n) is 8.61. The van der Waals surface area contributed by atoms with E-state index in [0.717, 1.165) is 29.8 Å². The molecule has 0 aliphatic carbocycles. The number of rotatable bonds is 9. The number of nitrogens with one attached hydrogen (secondary N) is 2. The Kier molecular flexibility index (Phi) is 9.02. The van der Waals surface area contributed by atoms with Crippen molar-refractivity contribution in [1.82, 2.24) is 5.32 Å². The summed E-state index contributed by atoms with van der Waals surface area (Å²) >= 11 is 5.33. The van der Waals surface area contributed by atoms with E-state index in [1.54, 1.807) is 0 Å². The first kappa shape index (κ1) is 24.5. The summed E-state index contributed by atoms with van der Waals surface area (Å²) in [5.41, 5.74) is 4.30. The van der Waals surface area contributed by atoms with Crippen molar-refractivity contribution in [3.63, 3.8) is 0 Å². The highest BCUT2D eigenvalue weighted by molar-refractivity contribution is 7.80. The molecule has 2 N–H and O–H groups in total. The van der Waals surface area contributed by atoms with Gasteiger partial charge in [-0.3, -0.25) is 4.79 Å². The molecule has 0 fully saturated rings. The third-order valence-electron chi connectivity index (χ3n) is 5.37. The first-order valence-corrected chi connectivity index (χ1v) is 11.8. The average Bonchev–Trinajstić information content (AvgIpc) is 2.80. The van der Waals surface area contributed by atoms with E-state index in [-0.39, 0.29) is 16.9 Å². The number of anilines is 1. The van der Waals surface area contributed by atoms with Crippen LogP contribution in [-0.2, 0) is 17.6 Å². The minimum atomic E-state index is -0.293. The summed E-state index contributed by atoms with van der Waals surface area (Å²) < 4.78 is 5.81. The van der Waals surface area contributed by atoms with Gasteiger partial charge in [-0.2, -0.15) is 0 Å². The highest BCUT2D eigenvalue weighted by Crippen LogP contribution is 2.19. The Bertz CT molecular complexity index is 1030. The Labute approximate surface area is 202 Å². The first-order valence-electron chi connectivity index (χ1n) is 11.4. The molecule has 0 heterocycles. The summed E-state index contributed by atoms with van der Waals surface area (Å²) in [5, 5.41) is 6.13. The van der Waals surface area contributed by atoms with Crippen LogP contribution in [-0.4, -0.2) is 17.6 Å². The van der Waals surface area contributed by atoms with Gasteiger partial charge in [-0.25, -0.2) is 0 Å². The zero-order chi connectivity index (χ0) is 23.6. The van der Waals surface area contributed by atoms with Crippen molar-refractivity contribution in [3.8, 4) is 5.75 Å². The Hall–Kier alpha value is -3.18. The van der Waals surface area contributed by atoms with Gasteiger partial charge in [0.25, 0.3) is 0 Å². The predicted octanol–water partition coefficient (Wildman–Crippen LogP) is 6.12. The third-order valence-corrected chi connectivity index (χ3v) is 5.57. The molecule has 3 rings (SSSR count). The molecule has 4 nitrogen and oxygen atoms in total. The third kappa shape index (κ3) is 8.03. The molecule has 33 heavy (non-hydrogen) atoms. The molecule has 0 aromatic heterocycles. The molecule has 172 valence electrons. The molecule has 0 radical (unpaired) electrons. The molecule has 0 aliphatic rings. The summed E-state index contributed by atoms with van der Waals surface area (Å²) in [4.78, 5) is 12.6. The van der Waals surface area contributed by atoms with E-state index in [1.807, 2.05) is 61.5 Å². The lowest BCUT2D eigenvalue weighted by Gasteiger charge is -2.15. The summed E-state index contributed by atoms with van der Waals surface area (Å²) in [6.07, 6.45) is 1.89. The van der Waals surface area contributed by atoms with Gasteiger partial charge in [0.2, 0.25) is 5.91 Å². The topological polar surface area (TPSA) is 50.4 Å². The summed E-state index contributed by atoms with van der Waals surface area (Å²) in [7, 11) is 0. The Morgan fingerprint density at radius 1 is 0.879 bits per heavy atom. The van der Waals surface area contributed by atoms with E-state index in [2.05, 4.69) is 48.7 Å². The van der Waals surface area contributed by atoms with Crippen LogP contribution in [0.3, 0.4) is 0 Å². The van der Waals surface area contributed by atoms with Gasteiger partial charge < -0.3 is 15.4 Å². The lowest BCUT2D eigenvalue weighted by atomic mass is 9.96. The number of amides is 1. The molecule has 1 unspecified atom stereocenters. The van der Waals surface area contributed by atoms with E-state index < -0.39 is 0 Å². The van der Waals surface area contributed by atoms with Crippen LogP contribution in [0.5, 0.6) is 5.75 Å². The molecule has 0 spiro atoms. The van der Waals surface area contributed by atoms with Crippen LogP contribution >= 0.6 is 12.2 Å². The number of hydrogen-bond acceptors (Lipinski definition) is 3. The average molecular weight is 461 g/mol. The Morgan fingerprint density at radius 3 is 2.18 bits per heavy atom. The van der Waals surface area contributed by atoms with Gasteiger partial charge in [0.05, 0.1) is 12.5 Å². The van der Waals surface area contributed by atoms with Gasteiger partial charge in [-0.15, -0.1) is 0 Å². The molecule has 3 aromatic carbocycles. The van der Waals surface area contributed by atoms with Crippen LogP contribution in [0.2, 0.25) is 0 Å². The van der Waals surface area contributed by atoms with Crippen LogP contribution in [0.25, 0.3) is 0 Å². The maximum atomic E-state index is 12.6. The van der Waals surface area contributed by atoms with Gasteiger partial charge in [-0.1, -0.05) is 68.4 Å². The van der Waals surface area contributed by atoms with Crippen LogP contribution in [0, 0.1) is 5.92 Å². The smallest absolute Gasteiger partial charge is 0.233 e. The number of ether oxygens (including phenoxy) is 1. The van der Waals surface area contributed by atoms with Crippen molar-refractivity contribution in [2.45, 2.75) is 39.5 Å². The molecule has 1 atom stereocenters. The molecule has 0 bridgehead atoms. The number of thiocarbonyl (C=S) groups is 1. The molecule has 0 saturated carbocycles. The molecule has 1 amide bonds. The number of carbonyl (C=O) groups excluding carboxylic acids is 1. The summed E-state index contributed by atoms with van der Waals surface area (Å²) in [6.45, 7) is 6.90. The molecule has 3 aromatic rings. The predicted molar refractivity (Wildman–Crippen MR) is 140 cm³/mol. The Morgan fingerprint density at radius 2 is 1.55 bits per heavy atom. The van der Waals surface area contributed by atoms with Crippen molar-refractivity contribution in [2.24, 2.45) is 5.92 Å². The lowest BCUT2D eigenvalue weighted by Crippen LogP contribution is -2.36. The highest BCUT2D eigenvalue weighted by atomic mass is 32.1. The fraction of sp³-hybridized carbons (Fsp3) is 0.286. The van der Waals surface area contributed by atoms with Crippen LogP contribution < -0.4 is 15.4 Å². The maximum absolute atomic E-state index is 12.6. The minimum Gasteiger partial charge on any atom is -0.493 e. The Balaban J connectivity index is 1.45. The fourth-order valence-corrected chi connectivity index (χ4v) is 3.73. The van der Waals surface area contributed by atoms with Crippen LogP contribution in [0.1, 0.15) is 43.4 Å². The van der Waals surface area contributed by atoms with Gasteiger partial charge in [-0.05, 0) is 72.4 Å². The molecule has 0 aliphatic heterocycles. The van der Waals surface area contributed by atoms with Crippen LogP contribution in [0.4, 0.5) is 5.69 Å². The first-order chi connectivity index (χ1) is 15.9. The monoisotopic (exact) mass is 460 g/mol. The largest absolute Gasteiger partial charge is 0.493 e. The molecular formula is C28H32N2O2S. The lowest BCUT2D eigenvalue weighted by molar-refractivity contribution is -0.120. The van der Waals surface area contributed by atoms with Gasteiger partial charge in [0.1, 0.15) is 5.75 Å². The number of benzene rings is 3. The highest BCUT2D eigenvalue weighted by Gasteiger charge is 2.16. The van der Waals surface area contributed by atoms with Gasteiger partial charge >= 0.3 is 0 Å². The van der Waals surface area contributed by atoms with E-state index in [4.69, 9.17) is 17.0 Å². The minimum absolute atomic E-state index is 0.134. The second kappa shape index (κ2) is 12.2. The van der Waals surface area contributed by atoms with E-state index in [9.17, 15) is 4.79 Å². The van der Waals surface area contributed by atoms with Gasteiger partial charge in [0, 0.05) is 12.1 Å². The number of hydrogen-bond donors (Lipinski definition) is 2. The van der Waals surface area contributed by atoms with E-state index in [1.165, 1.54) is 11.1 Å². The quantitative estimate of drug-likeness (QED) is 0.378. The van der Waals surface area contributed by atoms with Crippen molar-refractivity contribution < 1.29 is 9.53 Å². The fourth-order valence-electron chi connectivity index (χ4n) is 3.51. The molecule has 0 saturated heterocycles. The zero-order valence-corrected chi connectivity index (χ0v) is 20.3. The van der Waals surface area contributed by atoms with Gasteiger partial charge in [0.15, 0.2) is 5.11 Å². The van der Waals surface area contributed by atoms with E-state index in [0.29, 0.717) is 12.5 Å².